The van der Waals surface area contributed by atoms with E-state index in [0.717, 1.165) is 50.3 Å². The van der Waals surface area contributed by atoms with E-state index in [-0.39, 0.29) is 11.8 Å². The second kappa shape index (κ2) is 10.1. The van der Waals surface area contributed by atoms with Crippen molar-refractivity contribution in [3.63, 3.8) is 0 Å². The summed E-state index contributed by atoms with van der Waals surface area (Å²) in [4.78, 5) is 23.8. The highest BCUT2D eigenvalue weighted by Crippen LogP contribution is 2.30. The minimum Gasteiger partial charge on any atom is -0.362 e. The summed E-state index contributed by atoms with van der Waals surface area (Å²) in [6, 6.07) is 5.87. The Morgan fingerprint density at radius 2 is 1.78 bits per heavy atom. The van der Waals surface area contributed by atoms with Crippen LogP contribution < -0.4 is 20.9 Å². The van der Waals surface area contributed by atoms with Crippen LogP contribution in [-0.4, -0.2) is 42.7 Å². The maximum atomic E-state index is 13.0. The number of hydrogen-bond acceptors (Lipinski definition) is 5. The molecule has 0 aliphatic heterocycles. The van der Waals surface area contributed by atoms with Gasteiger partial charge in [-0.1, -0.05) is 0 Å². The lowest BCUT2D eigenvalue weighted by Gasteiger charge is -2.30. The SMILES string of the molecule is CN(C)c1nc(N[C@H]2CC[C@@H](CNC(=O)Nc3ccc(F)cc3)CC2)nc2c1CCCC2. The molecule has 1 aromatic heterocycles. The molecule has 7 nitrogen and oxygen atoms in total. The molecule has 32 heavy (non-hydrogen) atoms. The van der Waals surface area contributed by atoms with Gasteiger partial charge in [-0.05, 0) is 81.5 Å². The number of halogens is 1. The Labute approximate surface area is 189 Å². The number of aromatic nitrogens is 2. The normalized spacial score (nSPS) is 20.2. The molecule has 1 fully saturated rings. The first-order chi connectivity index (χ1) is 15.5. The molecular formula is C24H33FN6O. The first-order valence-corrected chi connectivity index (χ1v) is 11.6. The number of nitrogens with zero attached hydrogens (tertiary/aromatic N) is 3. The fourth-order valence-corrected chi connectivity index (χ4v) is 4.65. The number of amides is 2. The number of urea groups is 1. The predicted molar refractivity (Wildman–Crippen MR) is 126 cm³/mol. The Morgan fingerprint density at radius 1 is 1.06 bits per heavy atom. The van der Waals surface area contributed by atoms with E-state index in [1.54, 1.807) is 12.1 Å². The van der Waals surface area contributed by atoms with Crippen LogP contribution >= 0.6 is 0 Å². The first kappa shape index (κ1) is 22.3. The number of aryl methyl sites for hydroxylation is 1. The minimum atomic E-state index is -0.319. The van der Waals surface area contributed by atoms with Gasteiger partial charge in [0, 0.05) is 37.9 Å². The Bertz CT molecular complexity index is 925. The van der Waals surface area contributed by atoms with Crippen molar-refractivity contribution in [1.29, 1.82) is 0 Å². The molecule has 0 spiro atoms. The van der Waals surface area contributed by atoms with E-state index in [9.17, 15) is 9.18 Å². The maximum absolute atomic E-state index is 13.0. The van der Waals surface area contributed by atoms with Crippen LogP contribution in [0.15, 0.2) is 24.3 Å². The lowest BCUT2D eigenvalue weighted by molar-refractivity contribution is 0.246. The van der Waals surface area contributed by atoms with Gasteiger partial charge in [0.1, 0.15) is 11.6 Å². The van der Waals surface area contributed by atoms with Crippen LogP contribution in [0.25, 0.3) is 0 Å². The van der Waals surface area contributed by atoms with E-state index in [1.165, 1.54) is 36.2 Å². The van der Waals surface area contributed by atoms with Gasteiger partial charge < -0.3 is 20.9 Å². The Balaban J connectivity index is 1.25. The van der Waals surface area contributed by atoms with E-state index in [0.29, 0.717) is 24.2 Å². The number of anilines is 3. The van der Waals surface area contributed by atoms with Crippen molar-refractivity contribution < 1.29 is 9.18 Å². The molecule has 0 saturated heterocycles. The largest absolute Gasteiger partial charge is 0.362 e. The number of carbonyl (C=O) groups is 1. The summed E-state index contributed by atoms with van der Waals surface area (Å²) >= 11 is 0. The summed E-state index contributed by atoms with van der Waals surface area (Å²) in [5, 5.41) is 9.25. The summed E-state index contributed by atoms with van der Waals surface area (Å²) in [7, 11) is 4.09. The molecule has 2 aliphatic carbocycles. The molecule has 0 atom stereocenters. The van der Waals surface area contributed by atoms with Gasteiger partial charge >= 0.3 is 6.03 Å². The van der Waals surface area contributed by atoms with Gasteiger partial charge in [-0.15, -0.1) is 0 Å². The highest BCUT2D eigenvalue weighted by atomic mass is 19.1. The quantitative estimate of drug-likeness (QED) is 0.622. The second-order valence-electron chi connectivity index (χ2n) is 9.10. The van der Waals surface area contributed by atoms with Crippen LogP contribution in [0.1, 0.15) is 49.8 Å². The zero-order chi connectivity index (χ0) is 22.5. The Morgan fingerprint density at radius 3 is 2.50 bits per heavy atom. The molecule has 1 aromatic carbocycles. The third-order valence-electron chi connectivity index (χ3n) is 6.42. The number of fused-ring (bicyclic) bond motifs is 1. The standard InChI is InChI=1S/C24H33FN6O/c1-31(2)22-20-5-3-4-6-21(20)29-23(30-22)27-18-11-7-16(8-12-18)15-26-24(32)28-19-13-9-17(25)10-14-19/h9-10,13-14,16,18H,3-8,11-12,15H2,1-2H3,(H2,26,28,32)(H,27,29,30)/t16-,18+. The van der Waals surface area contributed by atoms with Crippen molar-refractivity contribution in [2.45, 2.75) is 57.4 Å². The van der Waals surface area contributed by atoms with E-state index in [4.69, 9.17) is 9.97 Å². The lowest BCUT2D eigenvalue weighted by atomic mass is 9.86. The average Bonchev–Trinajstić information content (AvgIpc) is 2.79. The summed E-state index contributed by atoms with van der Waals surface area (Å²) in [5.74, 6) is 1.92. The number of benzene rings is 1. The van der Waals surface area contributed by atoms with Crippen molar-refractivity contribution >= 4 is 23.5 Å². The predicted octanol–water partition coefficient (Wildman–Crippen LogP) is 4.35. The molecular weight excluding hydrogens is 407 g/mol. The van der Waals surface area contributed by atoms with Crippen LogP contribution in [0.3, 0.4) is 0 Å². The van der Waals surface area contributed by atoms with Crippen molar-refractivity contribution in [3.8, 4) is 0 Å². The van der Waals surface area contributed by atoms with Gasteiger partial charge in [0.05, 0.1) is 5.69 Å². The van der Waals surface area contributed by atoms with Crippen LogP contribution in [0.5, 0.6) is 0 Å². The first-order valence-electron chi connectivity index (χ1n) is 11.6. The van der Waals surface area contributed by atoms with Gasteiger partial charge in [0.25, 0.3) is 0 Å². The molecule has 3 N–H and O–H groups in total. The van der Waals surface area contributed by atoms with Crippen molar-refractivity contribution in [2.24, 2.45) is 5.92 Å². The zero-order valence-electron chi connectivity index (χ0n) is 19.0. The van der Waals surface area contributed by atoms with E-state index < -0.39 is 0 Å². The molecule has 2 amide bonds. The molecule has 8 heteroatoms. The minimum absolute atomic E-state index is 0.254. The number of nitrogens with one attached hydrogen (secondary N) is 3. The third kappa shape index (κ3) is 5.66. The Kier molecular flexibility index (Phi) is 7.07. The molecule has 0 unspecified atom stereocenters. The van der Waals surface area contributed by atoms with Gasteiger partial charge in [-0.25, -0.2) is 14.2 Å². The summed E-state index contributed by atoms with van der Waals surface area (Å²) in [5.41, 5.74) is 3.09. The van der Waals surface area contributed by atoms with Crippen molar-refractivity contribution in [3.05, 3.63) is 41.3 Å². The van der Waals surface area contributed by atoms with Gasteiger partial charge in [0.2, 0.25) is 5.95 Å². The van der Waals surface area contributed by atoms with Crippen LogP contribution in [0.2, 0.25) is 0 Å². The van der Waals surface area contributed by atoms with E-state index in [2.05, 4.69) is 20.9 Å². The Hall–Kier alpha value is -2.90. The summed E-state index contributed by atoms with van der Waals surface area (Å²) < 4.78 is 13.0. The zero-order valence-corrected chi connectivity index (χ0v) is 19.0. The second-order valence-corrected chi connectivity index (χ2v) is 9.10. The lowest BCUT2D eigenvalue weighted by Crippen LogP contribution is -2.36. The summed E-state index contributed by atoms with van der Waals surface area (Å²) in [6.45, 7) is 0.639. The molecule has 1 heterocycles. The molecule has 2 aromatic rings. The number of rotatable bonds is 6. The van der Waals surface area contributed by atoms with E-state index >= 15 is 0 Å². The molecule has 0 bridgehead atoms. The van der Waals surface area contributed by atoms with Crippen LogP contribution in [0.4, 0.5) is 26.6 Å². The molecule has 2 aliphatic rings. The van der Waals surface area contributed by atoms with E-state index in [1.807, 2.05) is 14.1 Å². The molecule has 4 rings (SSSR count). The van der Waals surface area contributed by atoms with Crippen LogP contribution in [-0.2, 0) is 12.8 Å². The van der Waals surface area contributed by atoms with Gasteiger partial charge in [-0.2, -0.15) is 4.98 Å². The third-order valence-corrected chi connectivity index (χ3v) is 6.42. The monoisotopic (exact) mass is 440 g/mol. The van der Waals surface area contributed by atoms with Crippen molar-refractivity contribution in [1.82, 2.24) is 15.3 Å². The molecule has 0 radical (unpaired) electrons. The topological polar surface area (TPSA) is 82.2 Å². The average molecular weight is 441 g/mol. The van der Waals surface area contributed by atoms with Crippen molar-refractivity contribution in [2.75, 3.05) is 36.2 Å². The molecule has 1 saturated carbocycles. The smallest absolute Gasteiger partial charge is 0.319 e. The highest BCUT2D eigenvalue weighted by Gasteiger charge is 2.24. The summed E-state index contributed by atoms with van der Waals surface area (Å²) in [6.07, 6.45) is 8.65. The fraction of sp³-hybridized carbons (Fsp3) is 0.542. The number of carbonyl (C=O) groups excluding carboxylic acids is 1. The molecule has 172 valence electrons. The van der Waals surface area contributed by atoms with Gasteiger partial charge in [-0.3, -0.25) is 0 Å². The highest BCUT2D eigenvalue weighted by molar-refractivity contribution is 5.89. The number of hydrogen-bond donors (Lipinski definition) is 3. The van der Waals surface area contributed by atoms with Crippen LogP contribution in [0, 0.1) is 11.7 Å². The van der Waals surface area contributed by atoms with Gasteiger partial charge in [0.15, 0.2) is 0 Å². The fourth-order valence-electron chi connectivity index (χ4n) is 4.65. The maximum Gasteiger partial charge on any atom is 0.319 e.